The van der Waals surface area contributed by atoms with Gasteiger partial charge in [-0.05, 0) is 143 Å². The predicted molar refractivity (Wildman–Crippen MR) is 294 cm³/mol. The highest BCUT2D eigenvalue weighted by atomic mass is 16.3. The summed E-state index contributed by atoms with van der Waals surface area (Å²) >= 11 is 0. The van der Waals surface area contributed by atoms with Crippen molar-refractivity contribution >= 4 is 73.1 Å². The van der Waals surface area contributed by atoms with Crippen LogP contribution in [0.5, 0.6) is 0 Å². The van der Waals surface area contributed by atoms with Crippen LogP contribution in [0.4, 0.5) is 51.2 Å². The molecule has 1 heterocycles. The molecule has 0 aliphatic carbocycles. The smallest absolute Gasteiger partial charge is 0.135 e. The highest BCUT2D eigenvalue weighted by Crippen LogP contribution is 2.47. The lowest BCUT2D eigenvalue weighted by molar-refractivity contribution is 0.669. The first-order valence-electron chi connectivity index (χ1n) is 23.7. The molecule has 0 spiro atoms. The van der Waals surface area contributed by atoms with Crippen molar-refractivity contribution < 1.29 is 4.42 Å². The molecular weight excluding hydrogens is 851 g/mol. The highest BCUT2D eigenvalue weighted by molar-refractivity contribution is 6.06. The second kappa shape index (κ2) is 18.7. The summed E-state index contributed by atoms with van der Waals surface area (Å²) in [5.41, 5.74) is 18.0. The van der Waals surface area contributed by atoms with E-state index < -0.39 is 0 Å². The van der Waals surface area contributed by atoms with Crippen molar-refractivity contribution in [3.8, 4) is 33.4 Å². The van der Waals surface area contributed by atoms with Crippen LogP contribution in [0.2, 0.25) is 0 Å². The molecule has 0 N–H and O–H groups in total. The van der Waals surface area contributed by atoms with Crippen molar-refractivity contribution in [1.29, 1.82) is 0 Å². The highest BCUT2D eigenvalue weighted by Gasteiger charge is 2.23. The van der Waals surface area contributed by atoms with Gasteiger partial charge in [0.05, 0.1) is 17.1 Å². The van der Waals surface area contributed by atoms with E-state index in [2.05, 4.69) is 288 Å². The van der Waals surface area contributed by atoms with Crippen LogP contribution < -0.4 is 14.7 Å². The molecule has 0 saturated carbocycles. The van der Waals surface area contributed by atoms with Crippen LogP contribution in [0.1, 0.15) is 0 Å². The molecule has 332 valence electrons. The van der Waals surface area contributed by atoms with Crippen LogP contribution in [0.15, 0.2) is 290 Å². The Balaban J connectivity index is 1.04. The second-order valence-corrected chi connectivity index (χ2v) is 17.4. The molecule has 0 amide bonds. The summed E-state index contributed by atoms with van der Waals surface area (Å²) in [6.45, 7) is 0. The molecule has 70 heavy (non-hydrogen) atoms. The van der Waals surface area contributed by atoms with Crippen molar-refractivity contribution in [2.75, 3.05) is 14.7 Å². The van der Waals surface area contributed by atoms with Crippen LogP contribution in [-0.2, 0) is 0 Å². The van der Waals surface area contributed by atoms with E-state index in [1.54, 1.807) is 0 Å². The molecule has 12 rings (SSSR count). The largest absolute Gasteiger partial charge is 0.456 e. The van der Waals surface area contributed by atoms with Crippen molar-refractivity contribution in [3.05, 3.63) is 285 Å². The van der Waals surface area contributed by atoms with Crippen molar-refractivity contribution in [2.24, 2.45) is 0 Å². The fraction of sp³-hybridized carbons (Fsp3) is 0. The molecule has 0 saturated heterocycles. The zero-order chi connectivity index (χ0) is 46.6. The molecule has 0 unspecified atom stereocenters. The van der Waals surface area contributed by atoms with E-state index in [9.17, 15) is 0 Å². The Morgan fingerprint density at radius 1 is 0.186 bits per heavy atom. The van der Waals surface area contributed by atoms with Crippen LogP contribution in [0, 0.1) is 0 Å². The lowest BCUT2D eigenvalue weighted by Gasteiger charge is -2.33. The third-order valence-corrected chi connectivity index (χ3v) is 13.0. The minimum Gasteiger partial charge on any atom is -0.456 e. The lowest BCUT2D eigenvalue weighted by atomic mass is 10.0. The topological polar surface area (TPSA) is 22.9 Å². The van der Waals surface area contributed by atoms with E-state index in [1.165, 1.54) is 11.1 Å². The Kier molecular flexibility index (Phi) is 11.2. The molecule has 4 heteroatoms. The summed E-state index contributed by atoms with van der Waals surface area (Å²) in [5.74, 6) is 0. The Morgan fingerprint density at radius 3 is 0.871 bits per heavy atom. The molecule has 1 aromatic heterocycles. The number of fused-ring (bicyclic) bond motifs is 3. The second-order valence-electron chi connectivity index (χ2n) is 17.4. The third-order valence-electron chi connectivity index (χ3n) is 13.0. The van der Waals surface area contributed by atoms with Gasteiger partial charge in [0.1, 0.15) is 11.2 Å². The zero-order valence-corrected chi connectivity index (χ0v) is 38.4. The summed E-state index contributed by atoms with van der Waals surface area (Å²) in [5, 5.41) is 2.23. The SMILES string of the molecule is c1ccc(-c2ccc(N(c3ccccc3)c3cc(N(c4ccccc4)c4ccc(-c5ccccc5)cc4)cc(N(c4ccccc4)c4ccc(-c5ccc6oc7ccccc7c6c5)cc4)c3)cc2)cc1. The molecular formula is C66H47N3O. The normalized spacial score (nSPS) is 11.1. The first-order valence-corrected chi connectivity index (χ1v) is 23.7. The zero-order valence-electron chi connectivity index (χ0n) is 38.4. The van der Waals surface area contributed by atoms with Crippen LogP contribution in [0.25, 0.3) is 55.3 Å². The molecule has 0 bridgehead atoms. The monoisotopic (exact) mass is 897 g/mol. The molecule has 0 aliphatic heterocycles. The summed E-state index contributed by atoms with van der Waals surface area (Å²) in [7, 11) is 0. The standard InChI is InChI=1S/C66H47N3O/c1-6-18-48(19-7-1)50-30-37-57(38-31-50)67(54-22-10-3-11-23-54)60-45-61(68(55-24-12-4-13-25-55)58-39-32-51(33-40-58)49-20-8-2-9-21-49)47-62(46-60)69(56-26-14-5-15-27-56)59-41-34-52(35-42-59)53-36-43-66-64(44-53)63-28-16-17-29-65(63)70-66/h1-47H. The van der Waals surface area contributed by atoms with Gasteiger partial charge in [-0.25, -0.2) is 0 Å². The predicted octanol–water partition coefficient (Wildman–Crippen LogP) is 19.0. The average molecular weight is 898 g/mol. The summed E-state index contributed by atoms with van der Waals surface area (Å²) in [4.78, 5) is 7.10. The number of anilines is 9. The van der Waals surface area contributed by atoms with Crippen molar-refractivity contribution in [3.63, 3.8) is 0 Å². The molecule has 0 atom stereocenters. The summed E-state index contributed by atoms with van der Waals surface area (Å²) in [6.07, 6.45) is 0. The van der Waals surface area contributed by atoms with E-state index in [-0.39, 0.29) is 0 Å². The van der Waals surface area contributed by atoms with E-state index >= 15 is 0 Å². The molecule has 11 aromatic carbocycles. The number of para-hydroxylation sites is 4. The summed E-state index contributed by atoms with van der Waals surface area (Å²) < 4.78 is 6.19. The molecule has 4 nitrogen and oxygen atoms in total. The summed E-state index contributed by atoms with van der Waals surface area (Å²) in [6, 6.07) is 102. The molecule has 0 aliphatic rings. The minimum atomic E-state index is 0.890. The van der Waals surface area contributed by atoms with Crippen LogP contribution >= 0.6 is 0 Å². The Labute approximate surface area is 408 Å². The van der Waals surface area contributed by atoms with Gasteiger partial charge in [-0.3, -0.25) is 0 Å². The number of hydrogen-bond donors (Lipinski definition) is 0. The Hall–Kier alpha value is -9.38. The fourth-order valence-corrected chi connectivity index (χ4v) is 9.62. The fourth-order valence-electron chi connectivity index (χ4n) is 9.62. The first-order chi connectivity index (χ1) is 34.7. The van der Waals surface area contributed by atoms with E-state index in [4.69, 9.17) is 4.42 Å². The first kappa shape index (κ1) is 42.0. The van der Waals surface area contributed by atoms with Gasteiger partial charge in [0.15, 0.2) is 0 Å². The van der Waals surface area contributed by atoms with E-state index in [0.717, 1.165) is 95.4 Å². The minimum absolute atomic E-state index is 0.890. The maximum atomic E-state index is 6.19. The molecule has 0 radical (unpaired) electrons. The van der Waals surface area contributed by atoms with Gasteiger partial charge in [0, 0.05) is 44.9 Å². The number of rotatable bonds is 12. The quantitative estimate of drug-likeness (QED) is 0.122. The Bertz CT molecular complexity index is 3530. The third kappa shape index (κ3) is 8.36. The number of furan rings is 1. The number of nitrogens with zero attached hydrogens (tertiary/aromatic N) is 3. The Morgan fingerprint density at radius 2 is 0.471 bits per heavy atom. The van der Waals surface area contributed by atoms with Crippen LogP contribution in [-0.4, -0.2) is 0 Å². The number of benzene rings is 11. The maximum Gasteiger partial charge on any atom is 0.135 e. The van der Waals surface area contributed by atoms with Crippen LogP contribution in [0.3, 0.4) is 0 Å². The van der Waals surface area contributed by atoms with Gasteiger partial charge >= 0.3 is 0 Å². The van der Waals surface area contributed by atoms with E-state index in [1.807, 2.05) is 12.1 Å². The molecule has 12 aromatic rings. The maximum absolute atomic E-state index is 6.19. The van der Waals surface area contributed by atoms with Gasteiger partial charge in [-0.1, -0.05) is 176 Å². The molecule has 0 fully saturated rings. The van der Waals surface area contributed by atoms with Gasteiger partial charge in [-0.2, -0.15) is 0 Å². The lowest BCUT2D eigenvalue weighted by Crippen LogP contribution is -2.16. The number of hydrogen-bond acceptors (Lipinski definition) is 4. The van der Waals surface area contributed by atoms with Gasteiger partial charge in [0.25, 0.3) is 0 Å². The van der Waals surface area contributed by atoms with Gasteiger partial charge < -0.3 is 19.1 Å². The van der Waals surface area contributed by atoms with Crippen molar-refractivity contribution in [1.82, 2.24) is 0 Å². The van der Waals surface area contributed by atoms with Gasteiger partial charge in [0.2, 0.25) is 0 Å². The average Bonchev–Trinajstić information content (AvgIpc) is 3.81. The van der Waals surface area contributed by atoms with E-state index in [0.29, 0.717) is 0 Å². The van der Waals surface area contributed by atoms with Gasteiger partial charge in [-0.15, -0.1) is 0 Å². The van der Waals surface area contributed by atoms with Crippen molar-refractivity contribution in [2.45, 2.75) is 0 Å².